The van der Waals surface area contributed by atoms with Gasteiger partial charge >= 0.3 is 0 Å². The summed E-state index contributed by atoms with van der Waals surface area (Å²) in [6.45, 7) is 3.21. The summed E-state index contributed by atoms with van der Waals surface area (Å²) >= 11 is 1.87. The number of rotatable bonds is 6. The van der Waals surface area contributed by atoms with E-state index in [9.17, 15) is 0 Å². The summed E-state index contributed by atoms with van der Waals surface area (Å²) in [7, 11) is 4.24. The lowest BCUT2D eigenvalue weighted by Gasteiger charge is -2.36. The summed E-state index contributed by atoms with van der Waals surface area (Å²) in [5.74, 6) is 0. The molecule has 5 heteroatoms. The fourth-order valence-electron chi connectivity index (χ4n) is 3.97. The lowest BCUT2D eigenvalue weighted by atomic mass is 9.94. The zero-order valence-electron chi connectivity index (χ0n) is 16.2. The van der Waals surface area contributed by atoms with Crippen LogP contribution in [0.1, 0.15) is 41.3 Å². The maximum Gasteiger partial charge on any atom is 0.0749 e. The summed E-state index contributed by atoms with van der Waals surface area (Å²) < 4.78 is 0. The van der Waals surface area contributed by atoms with Gasteiger partial charge in [0.15, 0.2) is 0 Å². The first kappa shape index (κ1) is 18.4. The molecule has 3 aromatic rings. The van der Waals surface area contributed by atoms with Crippen molar-refractivity contribution in [2.45, 2.75) is 38.4 Å². The number of H-pyrrole nitrogens is 1. The van der Waals surface area contributed by atoms with Gasteiger partial charge in [-0.1, -0.05) is 30.7 Å². The largest absolute Gasteiger partial charge is 0.305 e. The van der Waals surface area contributed by atoms with E-state index in [0.717, 1.165) is 18.8 Å². The molecule has 0 radical (unpaired) electrons. The summed E-state index contributed by atoms with van der Waals surface area (Å²) in [6.07, 6.45) is 5.69. The third-order valence-electron chi connectivity index (χ3n) is 5.26. The number of likely N-dealkylation sites (tertiary alicyclic amines) is 1. The average molecular weight is 381 g/mol. The smallest absolute Gasteiger partial charge is 0.0749 e. The molecule has 1 atom stereocenters. The summed E-state index contributed by atoms with van der Waals surface area (Å²) in [5, 5.41) is 7.14. The van der Waals surface area contributed by atoms with Gasteiger partial charge < -0.3 is 4.90 Å². The predicted octanol–water partition coefficient (Wildman–Crippen LogP) is 4.93. The molecule has 1 N–H and O–H groups in total. The maximum absolute atomic E-state index is 4.07. The third-order valence-corrected chi connectivity index (χ3v) is 6.37. The molecule has 1 saturated heterocycles. The molecule has 1 fully saturated rings. The maximum atomic E-state index is 4.07. The van der Waals surface area contributed by atoms with E-state index >= 15 is 0 Å². The molecule has 0 bridgehead atoms. The number of piperidine rings is 1. The number of aromatic nitrogens is 2. The van der Waals surface area contributed by atoms with E-state index in [1.54, 1.807) is 0 Å². The van der Waals surface area contributed by atoms with Gasteiger partial charge in [0.1, 0.15) is 0 Å². The Labute approximate surface area is 165 Å². The van der Waals surface area contributed by atoms with Gasteiger partial charge in [0.2, 0.25) is 0 Å². The zero-order chi connectivity index (χ0) is 18.6. The molecule has 1 unspecified atom stereocenters. The SMILES string of the molecule is CN(C)Cc1ccc(C2CCCCN2Cc2ccc(-c3ccn[nH]3)s2)cc1. The Kier molecular flexibility index (Phi) is 5.72. The molecule has 1 aromatic carbocycles. The van der Waals surface area contributed by atoms with Crippen molar-refractivity contribution < 1.29 is 0 Å². The number of thiophene rings is 1. The second kappa shape index (κ2) is 8.38. The molecule has 1 aliphatic heterocycles. The first-order valence-electron chi connectivity index (χ1n) is 9.75. The number of nitrogens with one attached hydrogen (secondary N) is 1. The topological polar surface area (TPSA) is 35.2 Å². The minimum atomic E-state index is 0.532. The van der Waals surface area contributed by atoms with Crippen molar-refractivity contribution in [2.75, 3.05) is 20.6 Å². The van der Waals surface area contributed by atoms with Gasteiger partial charge in [0.25, 0.3) is 0 Å². The van der Waals surface area contributed by atoms with E-state index in [1.807, 2.05) is 23.6 Å². The van der Waals surface area contributed by atoms with Gasteiger partial charge in [0.05, 0.1) is 10.6 Å². The lowest BCUT2D eigenvalue weighted by Crippen LogP contribution is -2.32. The van der Waals surface area contributed by atoms with Crippen LogP contribution >= 0.6 is 11.3 Å². The van der Waals surface area contributed by atoms with E-state index in [0.29, 0.717) is 6.04 Å². The predicted molar refractivity (Wildman–Crippen MR) is 113 cm³/mol. The highest BCUT2D eigenvalue weighted by Gasteiger charge is 2.24. The van der Waals surface area contributed by atoms with Gasteiger partial charge in [-0.2, -0.15) is 5.10 Å². The van der Waals surface area contributed by atoms with Crippen LogP contribution < -0.4 is 0 Å². The first-order valence-corrected chi connectivity index (χ1v) is 10.6. The van der Waals surface area contributed by atoms with Crippen molar-refractivity contribution in [1.82, 2.24) is 20.0 Å². The second-order valence-corrected chi connectivity index (χ2v) is 8.87. The van der Waals surface area contributed by atoms with Gasteiger partial charge in [0, 0.05) is 30.2 Å². The van der Waals surface area contributed by atoms with Gasteiger partial charge in [-0.05, 0) is 62.8 Å². The van der Waals surface area contributed by atoms with Crippen LogP contribution in [0.15, 0.2) is 48.7 Å². The Bertz CT molecular complexity index is 836. The highest BCUT2D eigenvalue weighted by Crippen LogP contribution is 2.34. The number of hydrogen-bond donors (Lipinski definition) is 1. The summed E-state index contributed by atoms with van der Waals surface area (Å²) in [4.78, 5) is 7.57. The fraction of sp³-hybridized carbons (Fsp3) is 0.409. The normalized spacial score (nSPS) is 18.3. The van der Waals surface area contributed by atoms with Crippen molar-refractivity contribution in [3.8, 4) is 10.6 Å². The molecule has 0 spiro atoms. The molecular formula is C22H28N4S. The van der Waals surface area contributed by atoms with Crippen LogP contribution in [-0.4, -0.2) is 40.6 Å². The van der Waals surface area contributed by atoms with E-state index in [4.69, 9.17) is 0 Å². The average Bonchev–Trinajstić information content (AvgIpc) is 3.34. The standard InChI is InChI=1S/C22H28N4S/c1-25(2)15-17-6-8-18(9-7-17)21-5-3-4-14-26(21)16-19-10-11-22(27-19)20-12-13-23-24-20/h6-13,21H,3-5,14-16H2,1-2H3,(H,23,24). The number of aromatic amines is 1. The van der Waals surface area contributed by atoms with Crippen LogP contribution in [0.3, 0.4) is 0 Å². The fourth-order valence-corrected chi connectivity index (χ4v) is 4.98. The molecule has 4 rings (SSSR count). The summed E-state index contributed by atoms with van der Waals surface area (Å²) in [6, 6.07) is 16.3. The number of nitrogens with zero attached hydrogens (tertiary/aromatic N) is 3. The lowest BCUT2D eigenvalue weighted by molar-refractivity contribution is 0.142. The minimum Gasteiger partial charge on any atom is -0.305 e. The van der Waals surface area contributed by atoms with Gasteiger partial charge in [-0.3, -0.25) is 10.00 Å². The molecule has 2 aromatic heterocycles. The molecule has 0 aliphatic carbocycles. The third kappa shape index (κ3) is 4.49. The van der Waals surface area contributed by atoms with Crippen molar-refractivity contribution in [1.29, 1.82) is 0 Å². The molecule has 3 heterocycles. The highest BCUT2D eigenvalue weighted by molar-refractivity contribution is 7.15. The quantitative estimate of drug-likeness (QED) is 0.659. The number of hydrogen-bond acceptors (Lipinski definition) is 4. The van der Waals surface area contributed by atoms with Crippen LogP contribution in [-0.2, 0) is 13.1 Å². The van der Waals surface area contributed by atoms with Crippen molar-refractivity contribution in [3.63, 3.8) is 0 Å². The van der Waals surface area contributed by atoms with Gasteiger partial charge in [-0.25, -0.2) is 0 Å². The van der Waals surface area contributed by atoms with Gasteiger partial charge in [-0.15, -0.1) is 11.3 Å². The van der Waals surface area contributed by atoms with E-state index < -0.39 is 0 Å². The second-order valence-electron chi connectivity index (χ2n) is 7.70. The molecular weight excluding hydrogens is 352 g/mol. The van der Waals surface area contributed by atoms with Crippen LogP contribution in [0.4, 0.5) is 0 Å². The Morgan fingerprint density at radius 2 is 1.96 bits per heavy atom. The Morgan fingerprint density at radius 3 is 2.70 bits per heavy atom. The zero-order valence-corrected chi connectivity index (χ0v) is 17.0. The number of benzene rings is 1. The summed E-state index contributed by atoms with van der Waals surface area (Å²) in [5.41, 5.74) is 3.95. The van der Waals surface area contributed by atoms with E-state index in [-0.39, 0.29) is 0 Å². The minimum absolute atomic E-state index is 0.532. The Balaban J connectivity index is 1.47. The van der Waals surface area contributed by atoms with Crippen LogP contribution in [0.25, 0.3) is 10.6 Å². The Morgan fingerprint density at radius 1 is 1.11 bits per heavy atom. The first-order chi connectivity index (χ1) is 13.2. The van der Waals surface area contributed by atoms with Crippen LogP contribution in [0, 0.1) is 0 Å². The molecule has 27 heavy (non-hydrogen) atoms. The highest BCUT2D eigenvalue weighted by atomic mass is 32.1. The molecule has 1 aliphatic rings. The van der Waals surface area contributed by atoms with Crippen molar-refractivity contribution in [2.24, 2.45) is 0 Å². The Hall–Kier alpha value is -1.95. The molecule has 0 amide bonds. The van der Waals surface area contributed by atoms with E-state index in [2.05, 4.69) is 70.5 Å². The van der Waals surface area contributed by atoms with Crippen molar-refractivity contribution >= 4 is 11.3 Å². The molecule has 4 nitrogen and oxygen atoms in total. The van der Waals surface area contributed by atoms with Crippen LogP contribution in [0.2, 0.25) is 0 Å². The van der Waals surface area contributed by atoms with Crippen molar-refractivity contribution in [3.05, 3.63) is 64.7 Å². The van der Waals surface area contributed by atoms with E-state index in [1.165, 1.54) is 46.7 Å². The molecule has 142 valence electrons. The molecule has 0 saturated carbocycles. The monoisotopic (exact) mass is 380 g/mol. The van der Waals surface area contributed by atoms with Crippen LogP contribution in [0.5, 0.6) is 0 Å².